The highest BCUT2D eigenvalue weighted by molar-refractivity contribution is 6.33. The Kier molecular flexibility index (Phi) is 4.81. The smallest absolute Gasteiger partial charge is 0.147 e. The fourth-order valence-electron chi connectivity index (χ4n) is 3.01. The molecule has 1 aliphatic heterocycles. The summed E-state index contributed by atoms with van der Waals surface area (Å²) in [5.74, 6) is 1.71. The van der Waals surface area contributed by atoms with Crippen molar-refractivity contribution in [2.75, 3.05) is 29.9 Å². The molecule has 2 aromatic rings. The van der Waals surface area contributed by atoms with E-state index in [9.17, 15) is 0 Å². The van der Waals surface area contributed by atoms with Gasteiger partial charge in [0.05, 0.1) is 10.6 Å². The largest absolute Gasteiger partial charge is 0.356 e. The summed E-state index contributed by atoms with van der Waals surface area (Å²) in [7, 11) is 2.08. The van der Waals surface area contributed by atoms with Crippen LogP contribution in [0.4, 0.5) is 11.6 Å². The number of piperidine rings is 1. The van der Waals surface area contributed by atoms with Crippen LogP contribution in [0.1, 0.15) is 24.1 Å². The van der Waals surface area contributed by atoms with Gasteiger partial charge in [0.1, 0.15) is 24.0 Å². The van der Waals surface area contributed by atoms with Gasteiger partial charge in [-0.1, -0.05) is 11.6 Å². The zero-order valence-electron chi connectivity index (χ0n) is 13.8. The summed E-state index contributed by atoms with van der Waals surface area (Å²) in [6, 6.07) is 6.16. The highest BCUT2D eigenvalue weighted by Gasteiger charge is 2.25. The average Bonchev–Trinajstić information content (AvgIpc) is 2.61. The molecule has 0 bridgehead atoms. The molecule has 0 atom stereocenters. The summed E-state index contributed by atoms with van der Waals surface area (Å²) in [4.78, 5) is 17.3. The second-order valence-electron chi connectivity index (χ2n) is 5.99. The molecule has 1 aliphatic rings. The molecule has 0 amide bonds. The number of nitrogens with zero attached hydrogens (tertiary/aromatic N) is 6. The van der Waals surface area contributed by atoms with Crippen LogP contribution in [-0.4, -0.2) is 41.1 Å². The number of nitriles is 1. The molecule has 3 rings (SSSR count). The zero-order chi connectivity index (χ0) is 17.1. The van der Waals surface area contributed by atoms with E-state index in [0.717, 1.165) is 43.3 Å². The maximum atomic E-state index is 8.91. The molecule has 2 aromatic heterocycles. The van der Waals surface area contributed by atoms with Crippen molar-refractivity contribution in [3.05, 3.63) is 40.9 Å². The lowest BCUT2D eigenvalue weighted by Crippen LogP contribution is -2.44. The monoisotopic (exact) mass is 342 g/mol. The van der Waals surface area contributed by atoms with E-state index in [-0.39, 0.29) is 0 Å². The Labute approximate surface area is 146 Å². The lowest BCUT2D eigenvalue weighted by molar-refractivity contribution is 0.478. The standard InChI is InChI=1S/C17H19ClN6/c1-12-7-16(22-11-21-12)23(2)14-3-5-24(6-4-14)17-15(18)8-13(9-19)10-20-17/h7-8,10-11,14H,3-6H2,1-2H3. The molecule has 0 radical (unpaired) electrons. The molecule has 0 spiro atoms. The molecule has 0 aromatic carbocycles. The number of rotatable bonds is 3. The van der Waals surface area contributed by atoms with Crippen molar-refractivity contribution >= 4 is 23.2 Å². The average molecular weight is 343 g/mol. The molecule has 24 heavy (non-hydrogen) atoms. The van der Waals surface area contributed by atoms with Gasteiger partial charge in [0.2, 0.25) is 0 Å². The fourth-order valence-corrected chi connectivity index (χ4v) is 3.30. The third-order valence-electron chi connectivity index (χ3n) is 4.41. The van der Waals surface area contributed by atoms with Gasteiger partial charge in [0, 0.05) is 44.1 Å². The number of anilines is 2. The van der Waals surface area contributed by atoms with Crippen LogP contribution in [0.5, 0.6) is 0 Å². The first-order valence-electron chi connectivity index (χ1n) is 7.90. The van der Waals surface area contributed by atoms with E-state index in [2.05, 4.69) is 37.9 Å². The minimum atomic E-state index is 0.424. The van der Waals surface area contributed by atoms with Crippen molar-refractivity contribution < 1.29 is 0 Å². The van der Waals surface area contributed by atoms with Crippen molar-refractivity contribution in [3.63, 3.8) is 0 Å². The normalized spacial score (nSPS) is 15.2. The van der Waals surface area contributed by atoms with E-state index < -0.39 is 0 Å². The number of hydrogen-bond acceptors (Lipinski definition) is 6. The molecule has 3 heterocycles. The van der Waals surface area contributed by atoms with Crippen molar-refractivity contribution in [1.29, 1.82) is 5.26 Å². The third kappa shape index (κ3) is 3.41. The number of pyridine rings is 1. The summed E-state index contributed by atoms with van der Waals surface area (Å²) in [6.45, 7) is 3.72. The van der Waals surface area contributed by atoms with Crippen molar-refractivity contribution in [3.8, 4) is 6.07 Å². The van der Waals surface area contributed by atoms with E-state index in [1.807, 2.05) is 13.0 Å². The number of hydrogen-bond donors (Lipinski definition) is 0. The predicted molar refractivity (Wildman–Crippen MR) is 94.4 cm³/mol. The number of aryl methyl sites for hydroxylation is 1. The first-order chi connectivity index (χ1) is 11.6. The van der Waals surface area contributed by atoms with Gasteiger partial charge in [0.15, 0.2) is 0 Å². The van der Waals surface area contributed by atoms with Crippen LogP contribution in [0.2, 0.25) is 5.02 Å². The second kappa shape index (κ2) is 7.02. The van der Waals surface area contributed by atoms with Crippen LogP contribution < -0.4 is 9.80 Å². The van der Waals surface area contributed by atoms with Crippen LogP contribution >= 0.6 is 11.6 Å². The predicted octanol–water partition coefficient (Wildman–Crippen LogP) is 2.81. The summed E-state index contributed by atoms with van der Waals surface area (Å²) >= 11 is 6.27. The Balaban J connectivity index is 1.66. The lowest BCUT2D eigenvalue weighted by atomic mass is 10.0. The van der Waals surface area contributed by atoms with Crippen LogP contribution in [0, 0.1) is 18.3 Å². The van der Waals surface area contributed by atoms with Gasteiger partial charge in [-0.2, -0.15) is 5.26 Å². The molecular formula is C17H19ClN6. The molecule has 0 unspecified atom stereocenters. The first-order valence-corrected chi connectivity index (χ1v) is 8.28. The highest BCUT2D eigenvalue weighted by atomic mass is 35.5. The van der Waals surface area contributed by atoms with Crippen molar-refractivity contribution in [2.45, 2.75) is 25.8 Å². The molecule has 1 saturated heterocycles. The molecule has 124 valence electrons. The Morgan fingerprint density at radius 1 is 1.25 bits per heavy atom. The van der Waals surface area contributed by atoms with Crippen molar-refractivity contribution in [1.82, 2.24) is 15.0 Å². The van der Waals surface area contributed by atoms with Crippen LogP contribution in [0.25, 0.3) is 0 Å². The van der Waals surface area contributed by atoms with E-state index in [1.54, 1.807) is 18.6 Å². The minimum Gasteiger partial charge on any atom is -0.356 e. The van der Waals surface area contributed by atoms with Gasteiger partial charge in [-0.15, -0.1) is 0 Å². The van der Waals surface area contributed by atoms with Gasteiger partial charge in [0.25, 0.3) is 0 Å². The van der Waals surface area contributed by atoms with Gasteiger partial charge in [-0.05, 0) is 25.8 Å². The topological polar surface area (TPSA) is 68.9 Å². The lowest BCUT2D eigenvalue weighted by Gasteiger charge is -2.38. The highest BCUT2D eigenvalue weighted by Crippen LogP contribution is 2.28. The zero-order valence-corrected chi connectivity index (χ0v) is 14.5. The van der Waals surface area contributed by atoms with E-state index >= 15 is 0 Å². The molecule has 7 heteroatoms. The Hall–Kier alpha value is -2.39. The summed E-state index contributed by atoms with van der Waals surface area (Å²) in [6.07, 6.45) is 5.18. The van der Waals surface area contributed by atoms with E-state index in [0.29, 0.717) is 16.6 Å². The molecular weight excluding hydrogens is 324 g/mol. The fraction of sp³-hybridized carbons (Fsp3) is 0.412. The quantitative estimate of drug-likeness (QED) is 0.854. The van der Waals surface area contributed by atoms with Gasteiger partial charge in [-0.3, -0.25) is 0 Å². The molecule has 0 aliphatic carbocycles. The number of halogens is 1. The van der Waals surface area contributed by atoms with Gasteiger partial charge < -0.3 is 9.80 Å². The Morgan fingerprint density at radius 2 is 2.00 bits per heavy atom. The molecule has 0 N–H and O–H groups in total. The van der Waals surface area contributed by atoms with Crippen LogP contribution in [0.15, 0.2) is 24.7 Å². The maximum Gasteiger partial charge on any atom is 0.147 e. The SMILES string of the molecule is Cc1cc(N(C)C2CCN(c3ncc(C#N)cc3Cl)CC2)ncn1. The van der Waals surface area contributed by atoms with Gasteiger partial charge >= 0.3 is 0 Å². The minimum absolute atomic E-state index is 0.424. The summed E-state index contributed by atoms with van der Waals surface area (Å²) in [5.41, 5.74) is 1.45. The molecule has 1 fully saturated rings. The first kappa shape index (κ1) is 16.5. The summed E-state index contributed by atoms with van der Waals surface area (Å²) in [5, 5.41) is 9.44. The number of aromatic nitrogens is 3. The van der Waals surface area contributed by atoms with Gasteiger partial charge in [-0.25, -0.2) is 15.0 Å². The summed E-state index contributed by atoms with van der Waals surface area (Å²) < 4.78 is 0. The third-order valence-corrected chi connectivity index (χ3v) is 4.69. The molecule has 6 nitrogen and oxygen atoms in total. The Bertz CT molecular complexity index is 764. The van der Waals surface area contributed by atoms with Crippen LogP contribution in [0.3, 0.4) is 0 Å². The Morgan fingerprint density at radius 3 is 2.62 bits per heavy atom. The van der Waals surface area contributed by atoms with E-state index in [4.69, 9.17) is 16.9 Å². The van der Waals surface area contributed by atoms with E-state index in [1.165, 1.54) is 0 Å². The second-order valence-corrected chi connectivity index (χ2v) is 6.40. The van der Waals surface area contributed by atoms with Crippen molar-refractivity contribution in [2.24, 2.45) is 0 Å². The maximum absolute atomic E-state index is 8.91. The molecule has 0 saturated carbocycles. The van der Waals surface area contributed by atoms with Crippen LogP contribution in [-0.2, 0) is 0 Å².